The molecule has 2 heterocycles. The summed E-state index contributed by atoms with van der Waals surface area (Å²) in [5.41, 5.74) is 5.11. The van der Waals surface area contributed by atoms with E-state index in [0.717, 1.165) is 0 Å². The van der Waals surface area contributed by atoms with Crippen molar-refractivity contribution in [3.63, 3.8) is 0 Å². The van der Waals surface area contributed by atoms with Crippen LogP contribution in [0.3, 0.4) is 0 Å². The highest BCUT2D eigenvalue weighted by molar-refractivity contribution is 7.50. The number of anilines is 1. The number of nitrogen functional groups attached to an aromatic ring is 1. The minimum Gasteiger partial charge on any atom is -0.480 e. The zero-order valence-electron chi connectivity index (χ0n) is 14.7. The maximum atomic E-state index is 12.0. The van der Waals surface area contributed by atoms with Gasteiger partial charge in [0.15, 0.2) is 11.2 Å². The molecule has 1 fully saturated rings. The van der Waals surface area contributed by atoms with Gasteiger partial charge in [-0.3, -0.25) is 23.7 Å². The molecule has 0 bridgehead atoms. The number of H-pyrrole nitrogens is 1. The largest absolute Gasteiger partial charge is 0.480 e. The number of fused-ring (bicyclic) bond motifs is 1. The highest BCUT2D eigenvalue weighted by Gasteiger charge is 2.50. The lowest BCUT2D eigenvalue weighted by Gasteiger charge is -2.19. The van der Waals surface area contributed by atoms with Gasteiger partial charge in [0.25, 0.3) is 5.56 Å². The Labute approximate surface area is 157 Å². The number of imidazole rings is 1. The lowest BCUT2D eigenvalue weighted by Crippen LogP contribution is -2.32. The zero-order valence-corrected chi connectivity index (χ0v) is 15.6. The van der Waals surface area contributed by atoms with E-state index in [0.29, 0.717) is 12.0 Å². The summed E-state index contributed by atoms with van der Waals surface area (Å²) in [7, 11) is -4.38. The van der Waals surface area contributed by atoms with Crippen LogP contribution in [-0.2, 0) is 13.9 Å². The molecule has 3 atom stereocenters. The quantitative estimate of drug-likeness (QED) is 0.292. The SMILES string of the molecule is C[C@H](NP(=O)(O)OCC1(CO)C/C1=C/n1cnc2c(=O)[nH]c(N)nc21)C(=O)O. The maximum absolute atomic E-state index is 12.0. The molecule has 0 radical (unpaired) electrons. The summed E-state index contributed by atoms with van der Waals surface area (Å²) < 4.78 is 18.4. The normalized spacial score (nSPS) is 23.6. The molecule has 1 aliphatic rings. The molecule has 2 aromatic heterocycles. The van der Waals surface area contributed by atoms with Crippen LogP contribution < -0.4 is 16.4 Å². The molecule has 2 aromatic rings. The Morgan fingerprint density at radius 3 is 3.00 bits per heavy atom. The second-order valence-electron chi connectivity index (χ2n) is 6.53. The van der Waals surface area contributed by atoms with Crippen LogP contribution in [0.4, 0.5) is 5.95 Å². The lowest BCUT2D eigenvalue weighted by atomic mass is 10.1. The van der Waals surface area contributed by atoms with E-state index < -0.39 is 30.7 Å². The predicted molar refractivity (Wildman–Crippen MR) is 97.0 cm³/mol. The summed E-state index contributed by atoms with van der Waals surface area (Å²) >= 11 is 0. The molecule has 2 unspecified atom stereocenters. The molecule has 0 aliphatic heterocycles. The average Bonchev–Trinajstić information content (AvgIpc) is 3.15. The lowest BCUT2D eigenvalue weighted by molar-refractivity contribution is -0.138. The molecule has 1 aliphatic carbocycles. The first-order valence-corrected chi connectivity index (χ1v) is 9.67. The van der Waals surface area contributed by atoms with Crippen LogP contribution >= 0.6 is 7.75 Å². The second kappa shape index (κ2) is 7.11. The molecule has 13 nitrogen and oxygen atoms in total. The Bertz CT molecular complexity index is 1060. The van der Waals surface area contributed by atoms with Crippen molar-refractivity contribution in [2.45, 2.75) is 19.4 Å². The number of aliphatic hydroxyl groups excluding tert-OH is 1. The smallest absolute Gasteiger partial charge is 0.403 e. The number of hydrogen-bond donors (Lipinski definition) is 6. The van der Waals surface area contributed by atoms with E-state index >= 15 is 0 Å². The van der Waals surface area contributed by atoms with Gasteiger partial charge in [-0.2, -0.15) is 4.98 Å². The van der Waals surface area contributed by atoms with Gasteiger partial charge in [0.05, 0.1) is 13.2 Å². The number of rotatable bonds is 8. The number of aromatic nitrogens is 4. The molecule has 14 heteroatoms. The van der Waals surface area contributed by atoms with Gasteiger partial charge in [0.2, 0.25) is 5.95 Å². The van der Waals surface area contributed by atoms with E-state index in [2.05, 4.69) is 15.0 Å². The van der Waals surface area contributed by atoms with Gasteiger partial charge in [-0.1, -0.05) is 0 Å². The summed E-state index contributed by atoms with van der Waals surface area (Å²) in [5, 5.41) is 20.5. The van der Waals surface area contributed by atoms with E-state index in [1.54, 1.807) is 6.20 Å². The number of nitrogens with one attached hydrogen (secondary N) is 2. The summed E-state index contributed by atoms with van der Waals surface area (Å²) in [4.78, 5) is 42.6. The summed E-state index contributed by atoms with van der Waals surface area (Å²) in [6.07, 6.45) is 3.29. The van der Waals surface area contributed by atoms with Crippen molar-refractivity contribution in [1.82, 2.24) is 24.6 Å². The van der Waals surface area contributed by atoms with Crippen LogP contribution in [0.1, 0.15) is 13.3 Å². The molecular formula is C14H19N6O7P. The number of nitrogens with two attached hydrogens (primary N) is 1. The fourth-order valence-electron chi connectivity index (χ4n) is 2.60. The topological polar surface area (TPSA) is 206 Å². The Morgan fingerprint density at radius 1 is 1.64 bits per heavy atom. The van der Waals surface area contributed by atoms with Crippen LogP contribution in [0.5, 0.6) is 0 Å². The van der Waals surface area contributed by atoms with E-state index in [4.69, 9.17) is 15.4 Å². The van der Waals surface area contributed by atoms with Crippen molar-refractivity contribution in [2.24, 2.45) is 5.41 Å². The number of hydrogen-bond acceptors (Lipinski definition) is 8. The maximum Gasteiger partial charge on any atom is 0.403 e. The molecule has 1 saturated carbocycles. The molecule has 0 saturated heterocycles. The Balaban J connectivity index is 1.77. The molecule has 7 N–H and O–H groups in total. The van der Waals surface area contributed by atoms with Crippen molar-refractivity contribution in [3.8, 4) is 0 Å². The summed E-state index contributed by atoms with van der Waals surface area (Å²) in [6, 6.07) is -1.29. The van der Waals surface area contributed by atoms with E-state index in [1.807, 2.05) is 5.09 Å². The fraction of sp³-hybridized carbons (Fsp3) is 0.429. The number of carbonyl (C=O) groups is 1. The number of carboxylic acid groups (broad SMARTS) is 1. The van der Waals surface area contributed by atoms with Crippen LogP contribution in [0.25, 0.3) is 17.4 Å². The van der Waals surface area contributed by atoms with Crippen molar-refractivity contribution in [3.05, 3.63) is 22.3 Å². The van der Waals surface area contributed by atoms with Crippen LogP contribution in [0.15, 0.2) is 16.7 Å². The highest BCUT2D eigenvalue weighted by atomic mass is 31.2. The molecular weight excluding hydrogens is 395 g/mol. The zero-order chi connectivity index (χ0) is 20.7. The van der Waals surface area contributed by atoms with Crippen LogP contribution in [-0.4, -0.2) is 59.9 Å². The minimum atomic E-state index is -4.38. The Kier molecular flexibility index (Phi) is 5.12. The van der Waals surface area contributed by atoms with Crippen molar-refractivity contribution >= 4 is 37.0 Å². The van der Waals surface area contributed by atoms with Crippen molar-refractivity contribution in [2.75, 3.05) is 18.9 Å². The molecule has 3 rings (SSSR count). The number of aliphatic carboxylic acids is 1. The second-order valence-corrected chi connectivity index (χ2v) is 8.08. The molecule has 0 aromatic carbocycles. The molecule has 28 heavy (non-hydrogen) atoms. The Hall–Kier alpha value is -2.57. The number of carboxylic acids is 1. The van der Waals surface area contributed by atoms with Gasteiger partial charge in [0.1, 0.15) is 12.4 Å². The first kappa shape index (κ1) is 20.2. The van der Waals surface area contributed by atoms with Gasteiger partial charge in [-0.25, -0.2) is 14.6 Å². The van der Waals surface area contributed by atoms with E-state index in [-0.39, 0.29) is 30.3 Å². The van der Waals surface area contributed by atoms with Crippen molar-refractivity contribution < 1.29 is 29.0 Å². The van der Waals surface area contributed by atoms with Gasteiger partial charge in [0, 0.05) is 11.6 Å². The third-order valence-electron chi connectivity index (χ3n) is 4.38. The molecule has 152 valence electrons. The number of nitrogens with zero attached hydrogens (tertiary/aromatic N) is 3. The highest BCUT2D eigenvalue weighted by Crippen LogP contribution is 2.54. The Morgan fingerprint density at radius 2 is 2.36 bits per heavy atom. The monoisotopic (exact) mass is 414 g/mol. The van der Waals surface area contributed by atoms with Gasteiger partial charge >= 0.3 is 13.7 Å². The number of aromatic amines is 1. The average molecular weight is 414 g/mol. The van der Waals surface area contributed by atoms with Gasteiger partial charge in [-0.15, -0.1) is 0 Å². The first-order valence-electron chi connectivity index (χ1n) is 8.09. The van der Waals surface area contributed by atoms with Gasteiger partial charge in [-0.05, 0) is 18.9 Å². The molecule has 0 spiro atoms. The van der Waals surface area contributed by atoms with Crippen LogP contribution in [0, 0.1) is 5.41 Å². The summed E-state index contributed by atoms with van der Waals surface area (Å²) in [6.45, 7) is 0.519. The van der Waals surface area contributed by atoms with E-state index in [1.165, 1.54) is 17.8 Å². The van der Waals surface area contributed by atoms with Crippen LogP contribution in [0.2, 0.25) is 0 Å². The number of aliphatic hydroxyl groups is 1. The predicted octanol–water partition coefficient (Wildman–Crippen LogP) is -0.895. The minimum absolute atomic E-state index is 0.0787. The summed E-state index contributed by atoms with van der Waals surface area (Å²) in [5.74, 6) is -1.39. The first-order chi connectivity index (χ1) is 13.1. The van der Waals surface area contributed by atoms with E-state index in [9.17, 15) is 24.2 Å². The third-order valence-corrected chi connectivity index (χ3v) is 5.57. The third kappa shape index (κ3) is 3.98. The van der Waals surface area contributed by atoms with Gasteiger partial charge < -0.3 is 20.8 Å². The molecule has 0 amide bonds. The van der Waals surface area contributed by atoms with Crippen molar-refractivity contribution in [1.29, 1.82) is 0 Å². The fourth-order valence-corrected chi connectivity index (χ4v) is 3.70. The standard InChI is InChI=1S/C14H19N6O7P/c1-7(12(23)24)19-28(25,26)27-5-14(4-21)2-8(14)3-20-6-16-9-10(20)17-13(15)18-11(9)22/h3,6-7,21H,2,4-5H2,1H3,(H,23,24)(H2,19,25,26)(H3,15,17,18,22)/b8-3-/t7-,14?/m0/s1.